The minimum absolute atomic E-state index is 0.110. The molecule has 4 nitrogen and oxygen atoms in total. The van der Waals surface area contributed by atoms with Gasteiger partial charge in [0, 0.05) is 33.9 Å². The highest BCUT2D eigenvalue weighted by atomic mass is 16.3. The van der Waals surface area contributed by atoms with Crippen LogP contribution in [0.4, 0.5) is 5.69 Å². The van der Waals surface area contributed by atoms with Gasteiger partial charge in [0.2, 0.25) is 6.04 Å². The fraction of sp³-hybridized carbons (Fsp3) is 0.667. The molecular formula is C18H24N3O+. The average molecular weight is 298 g/mol. The largest absolute Gasteiger partial charge is 0.309 e. The first kappa shape index (κ1) is 13.2. The summed E-state index contributed by atoms with van der Waals surface area (Å²) in [6.07, 6.45) is 3.89. The zero-order chi connectivity index (χ0) is 14.8. The predicted octanol–water partition coefficient (Wildman–Crippen LogP) is 2.71. The van der Waals surface area contributed by atoms with Gasteiger partial charge < -0.3 is 5.32 Å². The molecule has 3 fully saturated rings. The number of hydrogen-bond donors (Lipinski definition) is 1. The van der Waals surface area contributed by atoms with Gasteiger partial charge in [0.25, 0.3) is 5.69 Å². The summed E-state index contributed by atoms with van der Waals surface area (Å²) < 4.78 is 1.37. The Hall–Kier alpha value is -1.26. The summed E-state index contributed by atoms with van der Waals surface area (Å²) >= 11 is 0. The molecule has 6 rings (SSSR count). The second-order valence-electron chi connectivity index (χ2n) is 7.62. The van der Waals surface area contributed by atoms with Crippen molar-refractivity contribution in [2.24, 2.45) is 5.92 Å². The van der Waals surface area contributed by atoms with E-state index in [-0.39, 0.29) is 6.04 Å². The summed E-state index contributed by atoms with van der Waals surface area (Å²) in [5.41, 5.74) is 3.63. The Morgan fingerprint density at radius 3 is 2.82 bits per heavy atom. The molecule has 3 saturated heterocycles. The molecule has 2 bridgehead atoms. The predicted molar refractivity (Wildman–Crippen MR) is 85.4 cm³/mol. The maximum absolute atomic E-state index is 13.1. The van der Waals surface area contributed by atoms with Crippen molar-refractivity contribution in [3.8, 4) is 0 Å². The lowest BCUT2D eigenvalue weighted by Crippen LogP contribution is -2.57. The summed E-state index contributed by atoms with van der Waals surface area (Å²) in [4.78, 5) is 15.7. The van der Waals surface area contributed by atoms with E-state index < -0.39 is 0 Å². The molecule has 4 heteroatoms. The Kier molecular flexibility index (Phi) is 2.77. The Labute approximate surface area is 131 Å². The van der Waals surface area contributed by atoms with Crippen LogP contribution in [0.1, 0.15) is 49.3 Å². The Morgan fingerprint density at radius 1 is 1.27 bits per heavy atom. The molecule has 1 aromatic rings. The van der Waals surface area contributed by atoms with Gasteiger partial charge in [-0.25, -0.2) is 0 Å². The molecule has 1 aromatic carbocycles. The average Bonchev–Trinajstić information content (AvgIpc) is 2.86. The lowest BCUT2D eigenvalue weighted by Gasteiger charge is -2.46. The molecule has 3 unspecified atom stereocenters. The number of rotatable bonds is 1. The van der Waals surface area contributed by atoms with E-state index in [9.17, 15) is 4.91 Å². The minimum Gasteiger partial charge on any atom is -0.309 e. The molecule has 4 atom stereocenters. The van der Waals surface area contributed by atoms with Crippen LogP contribution >= 0.6 is 0 Å². The minimum atomic E-state index is 0.110. The van der Waals surface area contributed by atoms with Crippen LogP contribution in [0.2, 0.25) is 0 Å². The molecule has 1 N–H and O–H groups in total. The number of piperidine rings is 3. The standard InChI is InChI=1S/C18H24N3O/c1-11-13-3-2-4-15-17(13)14(10-19-11)18(21(15)22)16-9-12-5-7-20(16)8-6-12/h2-4,11-12,14,16,18-19H,5-10H2,1H3/q+1/t11?,14?,16?,18-/m0/s1. The summed E-state index contributed by atoms with van der Waals surface area (Å²) in [5, 5.41) is 3.62. The molecule has 0 saturated carbocycles. The van der Waals surface area contributed by atoms with Crippen molar-refractivity contribution in [2.75, 3.05) is 19.6 Å². The van der Waals surface area contributed by atoms with Crippen LogP contribution in [0.5, 0.6) is 0 Å². The van der Waals surface area contributed by atoms with Crippen LogP contribution in [0, 0.1) is 10.8 Å². The third kappa shape index (κ3) is 1.65. The van der Waals surface area contributed by atoms with E-state index >= 15 is 0 Å². The number of nitrogens with one attached hydrogen (secondary N) is 1. The molecular weight excluding hydrogens is 274 g/mol. The van der Waals surface area contributed by atoms with Crippen LogP contribution < -0.4 is 5.32 Å². The molecule has 0 aromatic heterocycles. The Morgan fingerprint density at radius 2 is 2.09 bits per heavy atom. The SMILES string of the molecule is CC1NCC2c3c1cccc3[N+](=O)[C@@H]2C1CC2CCN1CC2. The number of fused-ring (bicyclic) bond motifs is 3. The third-order valence-corrected chi connectivity index (χ3v) is 6.61. The van der Waals surface area contributed by atoms with Crippen molar-refractivity contribution < 1.29 is 4.76 Å². The first-order valence-electron chi connectivity index (χ1n) is 8.80. The Balaban J connectivity index is 1.58. The highest BCUT2D eigenvalue weighted by Gasteiger charge is 2.57. The van der Waals surface area contributed by atoms with Gasteiger partial charge in [-0.2, -0.15) is 0 Å². The zero-order valence-electron chi connectivity index (χ0n) is 13.2. The second-order valence-corrected chi connectivity index (χ2v) is 7.62. The summed E-state index contributed by atoms with van der Waals surface area (Å²) in [6.45, 7) is 5.54. The molecule has 0 radical (unpaired) electrons. The number of hydrogen-bond acceptors (Lipinski definition) is 3. The number of nitrogens with zero attached hydrogens (tertiary/aromatic N) is 2. The lowest BCUT2D eigenvalue weighted by molar-refractivity contribution is -0.509. The molecule has 116 valence electrons. The zero-order valence-corrected chi connectivity index (χ0v) is 13.2. The molecule has 0 amide bonds. The van der Waals surface area contributed by atoms with Crippen molar-refractivity contribution >= 4 is 5.69 Å². The van der Waals surface area contributed by atoms with Crippen molar-refractivity contribution in [1.82, 2.24) is 10.2 Å². The smallest absolute Gasteiger partial charge is 0.260 e. The van der Waals surface area contributed by atoms with Crippen molar-refractivity contribution in [2.45, 2.75) is 50.2 Å². The highest BCUT2D eigenvalue weighted by Crippen LogP contribution is 2.49. The van der Waals surface area contributed by atoms with Crippen LogP contribution in [-0.2, 0) is 0 Å². The van der Waals surface area contributed by atoms with Gasteiger partial charge in [-0.15, -0.1) is 0 Å². The van der Waals surface area contributed by atoms with Gasteiger partial charge in [-0.05, 0) is 50.8 Å². The van der Waals surface area contributed by atoms with Crippen molar-refractivity contribution in [3.05, 3.63) is 34.2 Å². The monoisotopic (exact) mass is 298 g/mol. The molecule has 22 heavy (non-hydrogen) atoms. The van der Waals surface area contributed by atoms with E-state index in [4.69, 9.17) is 0 Å². The fourth-order valence-corrected chi connectivity index (χ4v) is 5.47. The fourth-order valence-electron chi connectivity index (χ4n) is 5.47. The van der Waals surface area contributed by atoms with Crippen LogP contribution in [-0.4, -0.2) is 41.4 Å². The molecule has 5 heterocycles. The highest BCUT2D eigenvalue weighted by molar-refractivity contribution is 5.53. The van der Waals surface area contributed by atoms with E-state index in [2.05, 4.69) is 29.3 Å². The van der Waals surface area contributed by atoms with Gasteiger partial charge >= 0.3 is 0 Å². The summed E-state index contributed by atoms with van der Waals surface area (Å²) in [7, 11) is 0. The van der Waals surface area contributed by atoms with E-state index in [1.165, 1.54) is 48.2 Å². The topological polar surface area (TPSA) is 35.4 Å². The first-order chi connectivity index (χ1) is 10.7. The van der Waals surface area contributed by atoms with Crippen molar-refractivity contribution in [3.63, 3.8) is 0 Å². The van der Waals surface area contributed by atoms with Crippen LogP contribution in [0.15, 0.2) is 18.2 Å². The normalized spacial score (nSPS) is 42.5. The van der Waals surface area contributed by atoms with Crippen LogP contribution in [0.25, 0.3) is 0 Å². The quantitative estimate of drug-likeness (QED) is 0.810. The van der Waals surface area contributed by atoms with E-state index in [1.807, 2.05) is 6.07 Å². The van der Waals surface area contributed by atoms with Gasteiger partial charge in [0.05, 0.1) is 12.0 Å². The van der Waals surface area contributed by atoms with Gasteiger partial charge in [0.1, 0.15) is 0 Å². The maximum Gasteiger partial charge on any atom is 0.260 e. The van der Waals surface area contributed by atoms with Gasteiger partial charge in [0.15, 0.2) is 0 Å². The second kappa shape index (κ2) is 4.62. The van der Waals surface area contributed by atoms with Crippen molar-refractivity contribution in [1.29, 1.82) is 0 Å². The van der Waals surface area contributed by atoms with Crippen LogP contribution in [0.3, 0.4) is 0 Å². The van der Waals surface area contributed by atoms with E-state index in [1.54, 1.807) is 0 Å². The number of benzene rings is 1. The molecule has 5 aliphatic heterocycles. The molecule has 0 aliphatic carbocycles. The third-order valence-electron chi connectivity index (χ3n) is 6.61. The Bertz CT molecular complexity index is 635. The van der Waals surface area contributed by atoms with E-state index in [0.29, 0.717) is 18.0 Å². The molecule has 5 aliphatic rings. The molecule has 0 spiro atoms. The number of nitroso groups, excluding NO2 is 1. The van der Waals surface area contributed by atoms with E-state index in [0.717, 1.165) is 18.2 Å². The summed E-state index contributed by atoms with van der Waals surface area (Å²) in [5.74, 6) is 1.21. The maximum atomic E-state index is 13.1. The van der Waals surface area contributed by atoms with Gasteiger partial charge in [-0.3, -0.25) is 4.90 Å². The lowest BCUT2D eigenvalue weighted by atomic mass is 9.76. The first-order valence-corrected chi connectivity index (χ1v) is 8.80. The summed E-state index contributed by atoms with van der Waals surface area (Å²) in [6, 6.07) is 7.21. The van der Waals surface area contributed by atoms with Gasteiger partial charge in [-0.1, -0.05) is 12.1 Å².